The molecule has 4 heteroatoms. The Balaban J connectivity index is 2.01. The Hall–Kier alpha value is -0.900. The van der Waals surface area contributed by atoms with Crippen LogP contribution in [0.3, 0.4) is 0 Å². The molecule has 2 fully saturated rings. The van der Waals surface area contributed by atoms with Gasteiger partial charge in [0.1, 0.15) is 0 Å². The van der Waals surface area contributed by atoms with Crippen LogP contribution >= 0.6 is 0 Å². The summed E-state index contributed by atoms with van der Waals surface area (Å²) in [6.07, 6.45) is 6.05. The largest absolute Gasteiger partial charge is 0.337 e. The number of nitrogens with one attached hydrogen (secondary N) is 1. The maximum atomic E-state index is 5.06. The van der Waals surface area contributed by atoms with Gasteiger partial charge in [0.15, 0.2) is 0 Å². The summed E-state index contributed by atoms with van der Waals surface area (Å²) >= 11 is 0. The van der Waals surface area contributed by atoms with Crippen molar-refractivity contribution in [2.75, 3.05) is 6.54 Å². The minimum absolute atomic E-state index is 0.0116. The van der Waals surface area contributed by atoms with Crippen LogP contribution in [0.2, 0.25) is 0 Å². The van der Waals surface area contributed by atoms with E-state index in [2.05, 4.69) is 21.8 Å². The van der Waals surface area contributed by atoms with E-state index in [9.17, 15) is 0 Å². The number of aromatic nitrogens is 2. The molecule has 0 amide bonds. The van der Waals surface area contributed by atoms with E-state index in [4.69, 9.17) is 4.52 Å². The second-order valence-electron chi connectivity index (χ2n) is 3.77. The summed E-state index contributed by atoms with van der Waals surface area (Å²) in [4.78, 5) is 4.00. The Morgan fingerprint density at radius 3 is 3.17 bits per heavy atom. The van der Waals surface area contributed by atoms with Gasteiger partial charge in [-0.05, 0) is 31.7 Å². The molecule has 1 aromatic rings. The van der Waals surface area contributed by atoms with E-state index in [0.717, 1.165) is 31.2 Å². The molecular weight excluding hydrogens is 154 g/mol. The fourth-order valence-electron chi connectivity index (χ4n) is 2.44. The molecule has 2 bridgehead atoms. The minimum atomic E-state index is 0.0116. The van der Waals surface area contributed by atoms with Crippen molar-refractivity contribution < 1.29 is 4.52 Å². The molecule has 2 unspecified atom stereocenters. The summed E-state index contributed by atoms with van der Waals surface area (Å²) in [6.45, 7) is 1.10. The van der Waals surface area contributed by atoms with E-state index < -0.39 is 0 Å². The number of nitrogens with zero attached hydrogens (tertiary/aromatic N) is 2. The molecule has 2 atom stereocenters. The van der Waals surface area contributed by atoms with Gasteiger partial charge in [0.05, 0.1) is 5.54 Å². The highest BCUT2D eigenvalue weighted by Gasteiger charge is 2.49. The van der Waals surface area contributed by atoms with Crippen LogP contribution in [0.15, 0.2) is 4.52 Å². The fraction of sp³-hybridized carbons (Fsp3) is 0.750. The van der Waals surface area contributed by atoms with Gasteiger partial charge in [-0.3, -0.25) is 0 Å². The van der Waals surface area contributed by atoms with Gasteiger partial charge in [-0.2, -0.15) is 4.98 Å². The van der Waals surface area contributed by atoms with Crippen molar-refractivity contribution in [1.82, 2.24) is 15.5 Å². The first-order chi connectivity index (χ1) is 5.89. The molecule has 3 rings (SSSR count). The third-order valence-corrected chi connectivity index (χ3v) is 3.08. The summed E-state index contributed by atoms with van der Waals surface area (Å²) in [5.74, 6) is 1.54. The summed E-state index contributed by atoms with van der Waals surface area (Å²) in [7, 11) is 0. The number of hydrogen-bond acceptors (Lipinski definition) is 4. The number of piperidine rings is 1. The molecule has 1 aliphatic heterocycles. The summed E-state index contributed by atoms with van der Waals surface area (Å²) in [5, 5.41) is 6.98. The fourth-order valence-corrected chi connectivity index (χ4v) is 2.44. The highest BCUT2D eigenvalue weighted by Crippen LogP contribution is 2.45. The molecule has 1 N–H and O–H groups in total. The van der Waals surface area contributed by atoms with Crippen LogP contribution in [-0.2, 0) is 5.54 Å². The zero-order valence-electron chi connectivity index (χ0n) is 6.71. The standard InChI is InChI=1S/C8H10N3O/c1-2-8(3-6(1)4-10-8)7-9-5-11-12-7/h6,10H,1-4H2. The average molecular weight is 164 g/mol. The van der Waals surface area contributed by atoms with E-state index in [1.54, 1.807) is 0 Å². The predicted octanol–water partition coefficient (Wildman–Crippen LogP) is 0.468. The number of rotatable bonds is 1. The molecule has 1 aromatic heterocycles. The van der Waals surface area contributed by atoms with Gasteiger partial charge >= 0.3 is 0 Å². The van der Waals surface area contributed by atoms with Gasteiger partial charge in [0.2, 0.25) is 12.2 Å². The lowest BCUT2D eigenvalue weighted by Crippen LogP contribution is -2.37. The van der Waals surface area contributed by atoms with Gasteiger partial charge < -0.3 is 9.84 Å². The van der Waals surface area contributed by atoms with E-state index in [-0.39, 0.29) is 5.54 Å². The molecule has 2 aliphatic rings. The average Bonchev–Trinajstić information content (AvgIpc) is 2.82. The Kier molecular flexibility index (Phi) is 1.14. The van der Waals surface area contributed by atoms with E-state index >= 15 is 0 Å². The Morgan fingerprint density at radius 2 is 2.67 bits per heavy atom. The molecule has 0 aromatic carbocycles. The third-order valence-electron chi connectivity index (χ3n) is 3.08. The number of fused-ring (bicyclic) bond motifs is 2. The quantitative estimate of drug-likeness (QED) is 0.655. The van der Waals surface area contributed by atoms with Crippen molar-refractivity contribution in [2.24, 2.45) is 5.92 Å². The van der Waals surface area contributed by atoms with Crippen LogP contribution in [0, 0.1) is 12.2 Å². The lowest BCUT2D eigenvalue weighted by Gasteiger charge is -2.22. The van der Waals surface area contributed by atoms with Crippen molar-refractivity contribution in [3.8, 4) is 0 Å². The SMILES string of the molecule is [c]1noc(C23CCC(CN2)C3)n1. The van der Waals surface area contributed by atoms with Crippen molar-refractivity contribution in [3.05, 3.63) is 12.2 Å². The highest BCUT2D eigenvalue weighted by atomic mass is 16.5. The molecule has 4 nitrogen and oxygen atoms in total. The minimum Gasteiger partial charge on any atom is -0.337 e. The second kappa shape index (κ2) is 2.07. The lowest BCUT2D eigenvalue weighted by atomic mass is 9.99. The first-order valence-electron chi connectivity index (χ1n) is 4.34. The maximum absolute atomic E-state index is 5.06. The van der Waals surface area contributed by atoms with Gasteiger partial charge in [-0.25, -0.2) is 0 Å². The molecule has 2 heterocycles. The molecule has 1 saturated heterocycles. The molecule has 63 valence electrons. The topological polar surface area (TPSA) is 51.0 Å². The van der Waals surface area contributed by atoms with Crippen molar-refractivity contribution in [1.29, 1.82) is 0 Å². The van der Waals surface area contributed by atoms with Crippen LogP contribution in [0.4, 0.5) is 0 Å². The van der Waals surface area contributed by atoms with Crippen molar-refractivity contribution >= 4 is 0 Å². The Bertz CT molecular complexity index is 275. The third kappa shape index (κ3) is 0.705. The number of hydrogen-bond donors (Lipinski definition) is 1. The normalized spacial score (nSPS) is 39.2. The summed E-state index contributed by atoms with van der Waals surface area (Å²) in [6, 6.07) is 0. The molecule has 1 saturated carbocycles. The predicted molar refractivity (Wildman–Crippen MR) is 40.2 cm³/mol. The monoisotopic (exact) mass is 164 g/mol. The smallest absolute Gasteiger partial charge is 0.247 e. The van der Waals surface area contributed by atoms with Gasteiger partial charge in [0, 0.05) is 0 Å². The van der Waals surface area contributed by atoms with Crippen LogP contribution in [-0.4, -0.2) is 16.7 Å². The van der Waals surface area contributed by atoms with Crippen LogP contribution in [0.5, 0.6) is 0 Å². The molecule has 12 heavy (non-hydrogen) atoms. The lowest BCUT2D eigenvalue weighted by molar-refractivity contribution is 0.254. The summed E-state index contributed by atoms with van der Waals surface area (Å²) < 4.78 is 5.06. The first-order valence-corrected chi connectivity index (χ1v) is 4.34. The summed E-state index contributed by atoms with van der Waals surface area (Å²) in [5.41, 5.74) is 0.0116. The highest BCUT2D eigenvalue weighted by molar-refractivity contribution is 5.11. The molecule has 1 aliphatic carbocycles. The van der Waals surface area contributed by atoms with E-state index in [1.165, 1.54) is 6.42 Å². The van der Waals surface area contributed by atoms with Gasteiger partial charge in [0.25, 0.3) is 0 Å². The maximum Gasteiger partial charge on any atom is 0.247 e. The van der Waals surface area contributed by atoms with Crippen molar-refractivity contribution in [3.63, 3.8) is 0 Å². The van der Waals surface area contributed by atoms with E-state index in [1.807, 2.05) is 0 Å². The Morgan fingerprint density at radius 1 is 1.67 bits per heavy atom. The second-order valence-corrected chi connectivity index (χ2v) is 3.77. The zero-order chi connectivity index (χ0) is 8.02. The first kappa shape index (κ1) is 6.60. The van der Waals surface area contributed by atoms with E-state index in [0.29, 0.717) is 0 Å². The van der Waals surface area contributed by atoms with Crippen LogP contribution < -0.4 is 5.32 Å². The Labute approximate surface area is 70.3 Å². The molecule has 1 radical (unpaired) electrons. The van der Waals surface area contributed by atoms with Crippen LogP contribution in [0.1, 0.15) is 25.2 Å². The molecule has 0 spiro atoms. The van der Waals surface area contributed by atoms with Gasteiger partial charge in [-0.15, -0.1) is 0 Å². The zero-order valence-corrected chi connectivity index (χ0v) is 6.71. The molecular formula is C8H10N3O. The van der Waals surface area contributed by atoms with Gasteiger partial charge in [-0.1, -0.05) is 5.16 Å². The van der Waals surface area contributed by atoms with Crippen LogP contribution in [0.25, 0.3) is 0 Å². The van der Waals surface area contributed by atoms with Crippen molar-refractivity contribution in [2.45, 2.75) is 24.8 Å².